The van der Waals surface area contributed by atoms with Gasteiger partial charge in [-0.1, -0.05) is 20.8 Å². The van der Waals surface area contributed by atoms with E-state index < -0.39 is 5.97 Å². The summed E-state index contributed by atoms with van der Waals surface area (Å²) in [6, 6.07) is 4.75. The number of rotatable bonds is 3. The fourth-order valence-electron chi connectivity index (χ4n) is 1.04. The van der Waals surface area contributed by atoms with E-state index in [1.807, 2.05) is 0 Å². The highest BCUT2D eigenvalue weighted by molar-refractivity contribution is 9.10. The predicted octanol–water partition coefficient (Wildman–Crippen LogP) is 3.57. The van der Waals surface area contributed by atoms with Crippen molar-refractivity contribution in [3.8, 4) is 5.75 Å². The first-order chi connectivity index (χ1) is 7.29. The van der Waals surface area contributed by atoms with Crippen LogP contribution in [0.15, 0.2) is 22.7 Å². The smallest absolute Gasteiger partial charge is 0.335 e. The van der Waals surface area contributed by atoms with E-state index in [-0.39, 0.29) is 11.0 Å². The van der Waals surface area contributed by atoms with Crippen molar-refractivity contribution in [1.29, 1.82) is 0 Å². The molecule has 0 saturated heterocycles. The molecule has 1 aromatic carbocycles. The molecule has 1 rings (SSSR count). The van der Waals surface area contributed by atoms with Crippen LogP contribution in [0.2, 0.25) is 0 Å². The molecule has 0 spiro atoms. The minimum Gasteiger partial charge on any atom is -0.492 e. The van der Waals surface area contributed by atoms with Crippen LogP contribution in [0, 0.1) is 5.41 Å². The third kappa shape index (κ3) is 3.85. The number of halogens is 1. The Kier molecular flexibility index (Phi) is 3.97. The third-order valence-corrected chi connectivity index (χ3v) is 2.49. The molecule has 0 atom stereocenters. The average molecular weight is 287 g/mol. The lowest BCUT2D eigenvalue weighted by atomic mass is 9.99. The van der Waals surface area contributed by atoms with Gasteiger partial charge < -0.3 is 9.84 Å². The van der Waals surface area contributed by atoms with E-state index in [1.54, 1.807) is 6.07 Å². The quantitative estimate of drug-likeness (QED) is 0.924. The molecule has 3 nitrogen and oxygen atoms in total. The number of carboxylic acid groups (broad SMARTS) is 1. The van der Waals surface area contributed by atoms with Crippen LogP contribution in [0.4, 0.5) is 0 Å². The molecule has 0 amide bonds. The standard InChI is InChI=1S/C12H15BrO3/c1-12(2,3)7-16-10-6-8(11(14)15)4-5-9(10)13/h4-6H,7H2,1-3H3,(H,14,15). The number of carboxylic acids is 1. The Bertz CT molecular complexity index is 394. The fourth-order valence-corrected chi connectivity index (χ4v) is 1.40. The lowest BCUT2D eigenvalue weighted by Gasteiger charge is -2.19. The highest BCUT2D eigenvalue weighted by Crippen LogP contribution is 2.27. The highest BCUT2D eigenvalue weighted by atomic mass is 79.9. The molecular weight excluding hydrogens is 272 g/mol. The second-order valence-corrected chi connectivity index (χ2v) is 5.65. The molecule has 0 bridgehead atoms. The van der Waals surface area contributed by atoms with Crippen molar-refractivity contribution in [1.82, 2.24) is 0 Å². The van der Waals surface area contributed by atoms with Gasteiger partial charge >= 0.3 is 5.97 Å². The number of benzene rings is 1. The molecule has 88 valence electrons. The Morgan fingerprint density at radius 1 is 1.44 bits per heavy atom. The average Bonchev–Trinajstić information content (AvgIpc) is 2.14. The summed E-state index contributed by atoms with van der Waals surface area (Å²) in [5.74, 6) is -0.386. The number of aromatic carboxylic acids is 1. The van der Waals surface area contributed by atoms with Crippen LogP contribution in [0.1, 0.15) is 31.1 Å². The molecule has 0 aliphatic heterocycles. The first-order valence-electron chi connectivity index (χ1n) is 4.95. The summed E-state index contributed by atoms with van der Waals surface area (Å²) in [5.41, 5.74) is 0.269. The normalized spacial score (nSPS) is 11.2. The van der Waals surface area contributed by atoms with Gasteiger partial charge in [0.2, 0.25) is 0 Å². The predicted molar refractivity (Wildman–Crippen MR) is 66.1 cm³/mol. The van der Waals surface area contributed by atoms with Crippen LogP contribution >= 0.6 is 15.9 Å². The number of ether oxygens (including phenoxy) is 1. The van der Waals surface area contributed by atoms with Crippen molar-refractivity contribution in [2.75, 3.05) is 6.61 Å². The monoisotopic (exact) mass is 286 g/mol. The van der Waals surface area contributed by atoms with Gasteiger partial charge in [0.15, 0.2) is 0 Å². The van der Waals surface area contributed by atoms with E-state index in [1.165, 1.54) is 12.1 Å². The zero-order valence-electron chi connectivity index (χ0n) is 9.58. The van der Waals surface area contributed by atoms with Gasteiger partial charge in [-0.2, -0.15) is 0 Å². The minimum atomic E-state index is -0.951. The summed E-state index contributed by atoms with van der Waals surface area (Å²) >= 11 is 3.33. The Labute approximate surface area is 104 Å². The van der Waals surface area contributed by atoms with Crippen molar-refractivity contribution in [2.24, 2.45) is 5.41 Å². The van der Waals surface area contributed by atoms with Gasteiger partial charge in [0.1, 0.15) is 5.75 Å². The third-order valence-electron chi connectivity index (χ3n) is 1.84. The van der Waals surface area contributed by atoms with Crippen LogP contribution in [-0.2, 0) is 0 Å². The first kappa shape index (κ1) is 13.0. The van der Waals surface area contributed by atoms with Gasteiger partial charge in [0, 0.05) is 0 Å². The van der Waals surface area contributed by atoms with Crippen LogP contribution in [0.3, 0.4) is 0 Å². The van der Waals surface area contributed by atoms with Gasteiger partial charge in [-0.15, -0.1) is 0 Å². The number of carbonyl (C=O) groups is 1. The van der Waals surface area contributed by atoms with Crippen molar-refractivity contribution in [3.05, 3.63) is 28.2 Å². The maximum absolute atomic E-state index is 10.8. The number of hydrogen-bond donors (Lipinski definition) is 1. The van der Waals surface area contributed by atoms with E-state index in [2.05, 4.69) is 36.7 Å². The molecule has 0 aliphatic carbocycles. The summed E-state index contributed by atoms with van der Waals surface area (Å²) < 4.78 is 6.35. The molecule has 16 heavy (non-hydrogen) atoms. The van der Waals surface area contributed by atoms with Crippen molar-refractivity contribution < 1.29 is 14.6 Å². The molecular formula is C12H15BrO3. The fraction of sp³-hybridized carbons (Fsp3) is 0.417. The van der Waals surface area contributed by atoms with Crippen molar-refractivity contribution >= 4 is 21.9 Å². The van der Waals surface area contributed by atoms with E-state index in [4.69, 9.17) is 9.84 Å². The van der Waals surface area contributed by atoms with Crippen molar-refractivity contribution in [2.45, 2.75) is 20.8 Å². The summed E-state index contributed by atoms with van der Waals surface area (Å²) in [6.45, 7) is 6.71. The maximum Gasteiger partial charge on any atom is 0.335 e. The Balaban J connectivity index is 2.86. The largest absolute Gasteiger partial charge is 0.492 e. The molecule has 1 aromatic rings. The first-order valence-corrected chi connectivity index (χ1v) is 5.74. The molecule has 0 radical (unpaired) electrons. The summed E-state index contributed by atoms with van der Waals surface area (Å²) in [4.78, 5) is 10.8. The molecule has 1 N–H and O–H groups in total. The van der Waals surface area contributed by atoms with Crippen LogP contribution < -0.4 is 4.74 Å². The zero-order valence-corrected chi connectivity index (χ0v) is 11.2. The van der Waals surface area contributed by atoms with Crippen LogP contribution in [0.5, 0.6) is 5.75 Å². The van der Waals surface area contributed by atoms with Gasteiger partial charge in [-0.05, 0) is 39.5 Å². The molecule has 0 fully saturated rings. The summed E-state index contributed by atoms with van der Waals surface area (Å²) in [5, 5.41) is 8.86. The van der Waals surface area contributed by atoms with Gasteiger partial charge in [-0.3, -0.25) is 0 Å². The van der Waals surface area contributed by atoms with Gasteiger partial charge in [-0.25, -0.2) is 4.79 Å². The van der Waals surface area contributed by atoms with E-state index in [0.717, 1.165) is 4.47 Å². The zero-order chi connectivity index (χ0) is 12.3. The lowest BCUT2D eigenvalue weighted by Crippen LogP contribution is -2.17. The minimum absolute atomic E-state index is 0.0403. The Morgan fingerprint density at radius 2 is 2.06 bits per heavy atom. The lowest BCUT2D eigenvalue weighted by molar-refractivity contribution is 0.0696. The molecule has 0 unspecified atom stereocenters. The van der Waals surface area contributed by atoms with E-state index in [0.29, 0.717) is 12.4 Å². The second kappa shape index (κ2) is 4.87. The SMILES string of the molecule is CC(C)(C)COc1cc(C(=O)O)ccc1Br. The van der Waals surface area contributed by atoms with E-state index >= 15 is 0 Å². The topological polar surface area (TPSA) is 46.5 Å². The maximum atomic E-state index is 10.8. The van der Waals surface area contributed by atoms with Crippen LogP contribution in [-0.4, -0.2) is 17.7 Å². The second-order valence-electron chi connectivity index (χ2n) is 4.80. The molecule has 0 heterocycles. The summed E-state index contributed by atoms with van der Waals surface area (Å²) in [7, 11) is 0. The van der Waals surface area contributed by atoms with Gasteiger partial charge in [0.25, 0.3) is 0 Å². The number of hydrogen-bond acceptors (Lipinski definition) is 2. The Hall–Kier alpha value is -1.03. The van der Waals surface area contributed by atoms with Crippen molar-refractivity contribution in [3.63, 3.8) is 0 Å². The molecule has 0 aromatic heterocycles. The Morgan fingerprint density at radius 3 is 2.56 bits per heavy atom. The molecule has 4 heteroatoms. The molecule has 0 saturated carbocycles. The summed E-state index contributed by atoms with van der Waals surface area (Å²) in [6.07, 6.45) is 0. The molecule has 0 aliphatic rings. The highest BCUT2D eigenvalue weighted by Gasteiger charge is 2.13. The van der Waals surface area contributed by atoms with Gasteiger partial charge in [0.05, 0.1) is 16.6 Å². The van der Waals surface area contributed by atoms with Crippen LogP contribution in [0.25, 0.3) is 0 Å². The van der Waals surface area contributed by atoms with E-state index in [9.17, 15) is 4.79 Å².